The second-order valence-electron chi connectivity index (χ2n) is 5.91. The summed E-state index contributed by atoms with van der Waals surface area (Å²) in [6, 6.07) is 10.4. The fourth-order valence-corrected chi connectivity index (χ4v) is 2.90. The molecule has 0 radical (unpaired) electrons. The molecule has 0 heterocycles. The highest BCUT2D eigenvalue weighted by Gasteiger charge is 2.34. The first-order valence-corrected chi connectivity index (χ1v) is 7.43. The number of ether oxygens (including phenoxy) is 1. The molecule has 1 aliphatic carbocycles. The van der Waals surface area contributed by atoms with Crippen molar-refractivity contribution in [3.63, 3.8) is 0 Å². The van der Waals surface area contributed by atoms with E-state index in [-0.39, 0.29) is 17.3 Å². The van der Waals surface area contributed by atoms with Crippen molar-refractivity contribution < 1.29 is 9.53 Å². The average molecular weight is 272 g/mol. The molecule has 0 saturated heterocycles. The Balaban J connectivity index is 2.20. The van der Waals surface area contributed by atoms with E-state index in [0.29, 0.717) is 13.0 Å². The van der Waals surface area contributed by atoms with Crippen LogP contribution in [0, 0.1) is 5.41 Å². The van der Waals surface area contributed by atoms with Gasteiger partial charge in [0.2, 0.25) is 0 Å². The standard InChI is InChI=1S/C18H24O2/c1-4-20-17(15-8-6-5-7-9-15)13-18(3)11-10-16(19)12-14(18)2/h5-9,12,17H,4,10-11,13H2,1-3H3/t17-,18-/m1/s1. The molecule has 108 valence electrons. The van der Waals surface area contributed by atoms with Crippen LogP contribution in [0.4, 0.5) is 0 Å². The Kier molecular flexibility index (Phi) is 4.77. The van der Waals surface area contributed by atoms with Crippen molar-refractivity contribution >= 4 is 5.78 Å². The molecule has 2 rings (SSSR count). The van der Waals surface area contributed by atoms with E-state index in [9.17, 15) is 4.79 Å². The van der Waals surface area contributed by atoms with Crippen molar-refractivity contribution in [2.45, 2.75) is 46.1 Å². The van der Waals surface area contributed by atoms with Gasteiger partial charge in [-0.3, -0.25) is 4.79 Å². The quantitative estimate of drug-likeness (QED) is 0.790. The zero-order valence-corrected chi connectivity index (χ0v) is 12.7. The maximum atomic E-state index is 11.5. The van der Waals surface area contributed by atoms with Crippen molar-refractivity contribution in [3.05, 3.63) is 47.5 Å². The van der Waals surface area contributed by atoms with Crippen LogP contribution in [0.3, 0.4) is 0 Å². The highest BCUT2D eigenvalue weighted by molar-refractivity contribution is 5.91. The monoisotopic (exact) mass is 272 g/mol. The lowest BCUT2D eigenvalue weighted by Crippen LogP contribution is -2.27. The fraction of sp³-hybridized carbons (Fsp3) is 0.500. The first kappa shape index (κ1) is 15.0. The molecule has 0 aliphatic heterocycles. The van der Waals surface area contributed by atoms with Crippen LogP contribution in [0.1, 0.15) is 51.7 Å². The fourth-order valence-electron chi connectivity index (χ4n) is 2.90. The van der Waals surface area contributed by atoms with Crippen LogP contribution >= 0.6 is 0 Å². The van der Waals surface area contributed by atoms with E-state index in [1.165, 1.54) is 11.1 Å². The highest BCUT2D eigenvalue weighted by atomic mass is 16.5. The molecule has 20 heavy (non-hydrogen) atoms. The maximum Gasteiger partial charge on any atom is 0.155 e. The van der Waals surface area contributed by atoms with Gasteiger partial charge in [-0.1, -0.05) is 42.8 Å². The molecule has 1 aliphatic rings. The Bertz CT molecular complexity index is 489. The van der Waals surface area contributed by atoms with E-state index in [1.807, 2.05) is 19.1 Å². The lowest BCUT2D eigenvalue weighted by molar-refractivity contribution is -0.116. The summed E-state index contributed by atoms with van der Waals surface area (Å²) in [4.78, 5) is 11.5. The van der Waals surface area contributed by atoms with Crippen LogP contribution in [0.25, 0.3) is 0 Å². The smallest absolute Gasteiger partial charge is 0.155 e. The zero-order chi connectivity index (χ0) is 14.6. The van der Waals surface area contributed by atoms with Crippen LogP contribution in [0.2, 0.25) is 0 Å². The van der Waals surface area contributed by atoms with Gasteiger partial charge in [-0.05, 0) is 43.7 Å². The molecule has 2 atom stereocenters. The Hall–Kier alpha value is -1.41. The number of benzene rings is 1. The normalized spacial score (nSPS) is 24.4. The molecule has 0 spiro atoms. The molecular weight excluding hydrogens is 248 g/mol. The largest absolute Gasteiger partial charge is 0.374 e. The summed E-state index contributed by atoms with van der Waals surface area (Å²) in [5.41, 5.74) is 2.47. The number of allylic oxidation sites excluding steroid dienone is 2. The van der Waals surface area contributed by atoms with Crippen LogP contribution in [0.5, 0.6) is 0 Å². The van der Waals surface area contributed by atoms with Crippen LogP contribution < -0.4 is 0 Å². The first-order valence-electron chi connectivity index (χ1n) is 7.43. The summed E-state index contributed by atoms with van der Waals surface area (Å²) in [5, 5.41) is 0. The highest BCUT2D eigenvalue weighted by Crippen LogP contribution is 2.43. The Morgan fingerprint density at radius 2 is 2.00 bits per heavy atom. The minimum atomic E-state index is 0.0591. The average Bonchev–Trinajstić information content (AvgIpc) is 2.44. The number of carbonyl (C=O) groups is 1. The predicted octanol–water partition coefficient (Wildman–Crippen LogP) is 4.47. The molecule has 1 aromatic carbocycles. The Morgan fingerprint density at radius 1 is 1.30 bits per heavy atom. The van der Waals surface area contributed by atoms with Gasteiger partial charge in [0.05, 0.1) is 6.10 Å². The zero-order valence-electron chi connectivity index (χ0n) is 12.7. The number of hydrogen-bond acceptors (Lipinski definition) is 2. The van der Waals surface area contributed by atoms with E-state index in [4.69, 9.17) is 4.74 Å². The van der Waals surface area contributed by atoms with Gasteiger partial charge >= 0.3 is 0 Å². The summed E-state index contributed by atoms with van der Waals surface area (Å²) in [6.45, 7) is 7.06. The Labute approximate surface area is 121 Å². The molecule has 0 unspecified atom stereocenters. The molecule has 2 nitrogen and oxygen atoms in total. The summed E-state index contributed by atoms with van der Waals surface area (Å²) in [7, 11) is 0. The minimum absolute atomic E-state index is 0.0591. The molecule has 2 heteroatoms. The van der Waals surface area contributed by atoms with Gasteiger partial charge < -0.3 is 4.74 Å². The number of ketones is 1. The minimum Gasteiger partial charge on any atom is -0.374 e. The van der Waals surface area contributed by atoms with Crippen molar-refractivity contribution in [1.29, 1.82) is 0 Å². The summed E-state index contributed by atoms with van der Waals surface area (Å²) < 4.78 is 5.96. The molecule has 0 amide bonds. The first-order chi connectivity index (χ1) is 9.55. The third kappa shape index (κ3) is 3.37. The predicted molar refractivity (Wildman–Crippen MR) is 81.5 cm³/mol. The molecule has 0 saturated carbocycles. The van der Waals surface area contributed by atoms with Crippen molar-refractivity contribution in [2.75, 3.05) is 6.61 Å². The molecule has 1 aromatic rings. The van der Waals surface area contributed by atoms with Crippen LogP contribution in [-0.4, -0.2) is 12.4 Å². The summed E-state index contributed by atoms with van der Waals surface area (Å²) in [5.74, 6) is 0.257. The molecule has 0 N–H and O–H groups in total. The van der Waals surface area contributed by atoms with Crippen molar-refractivity contribution in [3.8, 4) is 0 Å². The number of carbonyl (C=O) groups excluding carboxylic acids is 1. The van der Waals surface area contributed by atoms with Gasteiger partial charge in [-0.15, -0.1) is 0 Å². The van der Waals surface area contributed by atoms with E-state index < -0.39 is 0 Å². The molecule has 0 bridgehead atoms. The molecule has 0 fully saturated rings. The lowest BCUT2D eigenvalue weighted by atomic mass is 9.70. The second kappa shape index (κ2) is 6.36. The topological polar surface area (TPSA) is 26.3 Å². The lowest BCUT2D eigenvalue weighted by Gasteiger charge is -2.36. The third-order valence-corrected chi connectivity index (χ3v) is 4.43. The second-order valence-corrected chi connectivity index (χ2v) is 5.91. The maximum absolute atomic E-state index is 11.5. The third-order valence-electron chi connectivity index (χ3n) is 4.43. The van der Waals surface area contributed by atoms with Gasteiger partial charge in [-0.2, -0.15) is 0 Å². The molecular formula is C18H24O2. The summed E-state index contributed by atoms with van der Waals surface area (Å²) >= 11 is 0. The van der Waals surface area contributed by atoms with Crippen molar-refractivity contribution in [2.24, 2.45) is 5.41 Å². The number of rotatable bonds is 5. The van der Waals surface area contributed by atoms with E-state index in [2.05, 4.69) is 38.1 Å². The van der Waals surface area contributed by atoms with Crippen LogP contribution in [-0.2, 0) is 9.53 Å². The van der Waals surface area contributed by atoms with Gasteiger partial charge in [0.25, 0.3) is 0 Å². The van der Waals surface area contributed by atoms with Gasteiger partial charge in [0.1, 0.15) is 0 Å². The van der Waals surface area contributed by atoms with Gasteiger partial charge in [0, 0.05) is 13.0 Å². The van der Waals surface area contributed by atoms with E-state index in [1.54, 1.807) is 0 Å². The summed E-state index contributed by atoms with van der Waals surface area (Å²) in [6.07, 6.45) is 4.42. The van der Waals surface area contributed by atoms with Crippen molar-refractivity contribution in [1.82, 2.24) is 0 Å². The Morgan fingerprint density at radius 3 is 2.60 bits per heavy atom. The van der Waals surface area contributed by atoms with Crippen LogP contribution in [0.15, 0.2) is 42.0 Å². The van der Waals surface area contributed by atoms with E-state index >= 15 is 0 Å². The van der Waals surface area contributed by atoms with Gasteiger partial charge in [0.15, 0.2) is 5.78 Å². The molecule has 0 aromatic heterocycles. The van der Waals surface area contributed by atoms with Gasteiger partial charge in [-0.25, -0.2) is 0 Å². The SMILES string of the molecule is CCO[C@H](C[C@@]1(C)CCC(=O)C=C1C)c1ccccc1. The number of hydrogen-bond donors (Lipinski definition) is 0. The van der Waals surface area contributed by atoms with E-state index in [0.717, 1.165) is 12.8 Å².